The van der Waals surface area contributed by atoms with Crippen LogP contribution in [-0.2, 0) is 4.79 Å². The second kappa shape index (κ2) is 13.1. The number of rotatable bonds is 13. The van der Waals surface area contributed by atoms with Gasteiger partial charge < -0.3 is 10.0 Å². The molecular formula is C18H37NO2. The van der Waals surface area contributed by atoms with Gasteiger partial charge in [-0.1, -0.05) is 66.2 Å². The van der Waals surface area contributed by atoms with Gasteiger partial charge in [-0.25, -0.2) is 0 Å². The lowest BCUT2D eigenvalue weighted by Crippen LogP contribution is -2.40. The predicted molar refractivity (Wildman–Crippen MR) is 90.3 cm³/mol. The van der Waals surface area contributed by atoms with Crippen molar-refractivity contribution in [3.63, 3.8) is 0 Å². The number of carbonyl (C=O) groups is 1. The topological polar surface area (TPSA) is 40.5 Å². The lowest BCUT2D eigenvalue weighted by Gasteiger charge is -2.30. The van der Waals surface area contributed by atoms with Crippen LogP contribution in [0.2, 0.25) is 0 Å². The molecule has 3 nitrogen and oxygen atoms in total. The highest BCUT2D eigenvalue weighted by Crippen LogP contribution is 2.19. The van der Waals surface area contributed by atoms with Gasteiger partial charge in [-0.05, 0) is 24.7 Å². The van der Waals surface area contributed by atoms with Crippen LogP contribution in [0.5, 0.6) is 0 Å². The molecule has 0 aliphatic carbocycles. The number of carbonyl (C=O) groups excluding carboxylic acids is 1. The monoisotopic (exact) mass is 299 g/mol. The molecule has 0 aliphatic rings. The molecule has 0 aromatic rings. The molecule has 2 unspecified atom stereocenters. The molecule has 0 fully saturated rings. The molecule has 0 radical (unpaired) electrons. The lowest BCUT2D eigenvalue weighted by atomic mass is 9.95. The Morgan fingerprint density at radius 3 is 1.62 bits per heavy atom. The van der Waals surface area contributed by atoms with Crippen molar-refractivity contribution in [3.05, 3.63) is 0 Å². The molecule has 2 atom stereocenters. The third kappa shape index (κ3) is 9.13. The number of hydrogen-bond acceptors (Lipinski definition) is 2. The van der Waals surface area contributed by atoms with Crippen molar-refractivity contribution >= 4 is 5.91 Å². The van der Waals surface area contributed by atoms with Crippen LogP contribution in [0.4, 0.5) is 0 Å². The molecule has 0 bridgehead atoms. The number of nitrogens with zero attached hydrogens (tertiary/aromatic N) is 1. The Labute approximate surface area is 132 Å². The fourth-order valence-electron chi connectivity index (χ4n) is 2.84. The third-order valence-corrected chi connectivity index (χ3v) is 4.53. The summed E-state index contributed by atoms with van der Waals surface area (Å²) < 4.78 is 0. The first-order valence-corrected chi connectivity index (χ1v) is 9.01. The van der Waals surface area contributed by atoms with Crippen LogP contribution in [0, 0.1) is 11.8 Å². The van der Waals surface area contributed by atoms with Gasteiger partial charge in [-0.2, -0.15) is 0 Å². The number of aliphatic hydroxyl groups excluding tert-OH is 1. The van der Waals surface area contributed by atoms with E-state index in [-0.39, 0.29) is 12.5 Å². The van der Waals surface area contributed by atoms with E-state index in [2.05, 4.69) is 27.7 Å². The average molecular weight is 299 g/mol. The van der Waals surface area contributed by atoms with Crippen LogP contribution >= 0.6 is 0 Å². The minimum absolute atomic E-state index is 0.0973. The minimum atomic E-state index is -0.353. The van der Waals surface area contributed by atoms with Crippen molar-refractivity contribution < 1.29 is 9.90 Å². The van der Waals surface area contributed by atoms with Crippen LogP contribution < -0.4 is 0 Å². The standard InChI is InChI=1S/C18H37NO2/c1-5-9-11-16(7-3)13-19(18(21)15-20)14-17(8-4)12-10-6-2/h16-17,20H,5-15H2,1-4H3. The molecule has 0 aliphatic heterocycles. The first kappa shape index (κ1) is 20.4. The minimum Gasteiger partial charge on any atom is -0.387 e. The van der Waals surface area contributed by atoms with Crippen LogP contribution in [-0.4, -0.2) is 35.6 Å². The van der Waals surface area contributed by atoms with E-state index in [1.807, 2.05) is 4.90 Å². The number of amides is 1. The second-order valence-corrected chi connectivity index (χ2v) is 6.29. The van der Waals surface area contributed by atoms with E-state index >= 15 is 0 Å². The molecule has 0 spiro atoms. The quantitative estimate of drug-likeness (QED) is 0.552. The van der Waals surface area contributed by atoms with Crippen molar-refractivity contribution in [1.29, 1.82) is 0 Å². The lowest BCUT2D eigenvalue weighted by molar-refractivity contribution is -0.135. The summed E-state index contributed by atoms with van der Waals surface area (Å²) in [6.45, 7) is 10.1. The summed E-state index contributed by atoms with van der Waals surface area (Å²) in [6.07, 6.45) is 9.47. The van der Waals surface area contributed by atoms with Gasteiger partial charge in [0.25, 0.3) is 0 Å². The van der Waals surface area contributed by atoms with Crippen LogP contribution in [0.1, 0.15) is 79.1 Å². The smallest absolute Gasteiger partial charge is 0.248 e. The fraction of sp³-hybridized carbons (Fsp3) is 0.944. The summed E-state index contributed by atoms with van der Waals surface area (Å²) in [4.78, 5) is 14.0. The molecule has 0 aromatic heterocycles. The molecule has 0 saturated heterocycles. The zero-order valence-corrected chi connectivity index (χ0v) is 14.7. The summed E-state index contributed by atoms with van der Waals surface area (Å²) in [5.74, 6) is 1.05. The van der Waals surface area contributed by atoms with E-state index in [4.69, 9.17) is 0 Å². The normalized spacial score (nSPS) is 14.0. The van der Waals surface area contributed by atoms with Crippen molar-refractivity contribution in [2.75, 3.05) is 19.7 Å². The molecular weight excluding hydrogens is 262 g/mol. The molecule has 1 N–H and O–H groups in total. The Balaban J connectivity index is 4.57. The molecule has 0 rings (SSSR count). The van der Waals surface area contributed by atoms with E-state index in [1.165, 1.54) is 38.5 Å². The zero-order chi connectivity index (χ0) is 16.1. The molecule has 21 heavy (non-hydrogen) atoms. The maximum atomic E-state index is 12.0. The summed E-state index contributed by atoms with van der Waals surface area (Å²) in [7, 11) is 0. The van der Waals surface area contributed by atoms with E-state index < -0.39 is 0 Å². The summed E-state index contributed by atoms with van der Waals surface area (Å²) in [5.41, 5.74) is 0. The van der Waals surface area contributed by atoms with Crippen LogP contribution in [0.15, 0.2) is 0 Å². The molecule has 3 heteroatoms. The largest absolute Gasteiger partial charge is 0.387 e. The molecule has 126 valence electrons. The van der Waals surface area contributed by atoms with Crippen molar-refractivity contribution in [3.8, 4) is 0 Å². The van der Waals surface area contributed by atoms with Gasteiger partial charge in [0.05, 0.1) is 0 Å². The number of hydrogen-bond donors (Lipinski definition) is 1. The first-order chi connectivity index (χ1) is 10.1. The first-order valence-electron chi connectivity index (χ1n) is 9.01. The zero-order valence-electron chi connectivity index (χ0n) is 14.7. The second-order valence-electron chi connectivity index (χ2n) is 6.29. The van der Waals surface area contributed by atoms with Crippen LogP contribution in [0.25, 0.3) is 0 Å². The van der Waals surface area contributed by atoms with E-state index in [0.29, 0.717) is 11.8 Å². The Kier molecular flexibility index (Phi) is 12.8. The highest BCUT2D eigenvalue weighted by Gasteiger charge is 2.20. The number of aliphatic hydroxyl groups is 1. The number of unbranched alkanes of at least 4 members (excludes halogenated alkanes) is 2. The van der Waals surface area contributed by atoms with Crippen molar-refractivity contribution in [1.82, 2.24) is 4.90 Å². The summed E-state index contributed by atoms with van der Waals surface area (Å²) >= 11 is 0. The average Bonchev–Trinajstić information content (AvgIpc) is 2.52. The maximum absolute atomic E-state index is 12.0. The van der Waals surface area contributed by atoms with Gasteiger partial charge in [0.15, 0.2) is 0 Å². The van der Waals surface area contributed by atoms with Gasteiger partial charge in [0.1, 0.15) is 6.61 Å². The van der Waals surface area contributed by atoms with E-state index in [1.54, 1.807) is 0 Å². The van der Waals surface area contributed by atoms with Gasteiger partial charge in [0, 0.05) is 13.1 Å². The highest BCUT2D eigenvalue weighted by molar-refractivity contribution is 5.77. The van der Waals surface area contributed by atoms with Crippen LogP contribution in [0.3, 0.4) is 0 Å². The molecule has 0 saturated carbocycles. The molecule has 0 heterocycles. The predicted octanol–water partition coefficient (Wildman–Crippen LogP) is 4.24. The van der Waals surface area contributed by atoms with E-state index in [9.17, 15) is 9.90 Å². The van der Waals surface area contributed by atoms with Gasteiger partial charge in [-0.3, -0.25) is 4.79 Å². The van der Waals surface area contributed by atoms with E-state index in [0.717, 1.165) is 25.9 Å². The van der Waals surface area contributed by atoms with Gasteiger partial charge in [0.2, 0.25) is 5.91 Å². The SMILES string of the molecule is CCCCC(CC)CN(CC(CC)CCCC)C(=O)CO. The molecule has 1 amide bonds. The summed E-state index contributed by atoms with van der Waals surface area (Å²) in [6, 6.07) is 0. The van der Waals surface area contributed by atoms with Crippen molar-refractivity contribution in [2.45, 2.75) is 79.1 Å². The Morgan fingerprint density at radius 2 is 1.33 bits per heavy atom. The fourth-order valence-corrected chi connectivity index (χ4v) is 2.84. The van der Waals surface area contributed by atoms with Crippen molar-refractivity contribution in [2.24, 2.45) is 11.8 Å². The molecule has 0 aromatic carbocycles. The Bertz CT molecular complexity index is 238. The van der Waals surface area contributed by atoms with Gasteiger partial charge in [-0.15, -0.1) is 0 Å². The Hall–Kier alpha value is -0.570. The maximum Gasteiger partial charge on any atom is 0.248 e. The Morgan fingerprint density at radius 1 is 0.905 bits per heavy atom. The third-order valence-electron chi connectivity index (χ3n) is 4.53. The van der Waals surface area contributed by atoms with Gasteiger partial charge >= 0.3 is 0 Å². The summed E-state index contributed by atoms with van der Waals surface area (Å²) in [5, 5.41) is 9.24. The highest BCUT2D eigenvalue weighted by atomic mass is 16.3.